The molecule has 1 aromatic carbocycles. The molecule has 1 aromatic rings. The number of esters is 1. The van der Waals surface area contributed by atoms with E-state index >= 15 is 0 Å². The number of hydrogen-bond acceptors (Lipinski definition) is 4. The van der Waals surface area contributed by atoms with Gasteiger partial charge in [0.1, 0.15) is 5.70 Å². The maximum Gasteiger partial charge on any atom is 0.354 e. The molecule has 0 N–H and O–H groups in total. The van der Waals surface area contributed by atoms with E-state index in [2.05, 4.69) is 47.1 Å². The second-order valence-corrected chi connectivity index (χ2v) is 8.24. The van der Waals surface area contributed by atoms with E-state index in [4.69, 9.17) is 4.74 Å². The van der Waals surface area contributed by atoms with Gasteiger partial charge in [0, 0.05) is 23.1 Å². The van der Waals surface area contributed by atoms with Gasteiger partial charge in [-0.2, -0.15) is 0 Å². The van der Waals surface area contributed by atoms with Crippen molar-refractivity contribution in [3.8, 4) is 0 Å². The molecule has 0 amide bonds. The van der Waals surface area contributed by atoms with Crippen LogP contribution in [0.4, 0.5) is 5.69 Å². The van der Waals surface area contributed by atoms with Crippen LogP contribution in [0, 0.1) is 5.41 Å². The van der Waals surface area contributed by atoms with Crippen molar-refractivity contribution in [3.05, 3.63) is 41.6 Å². The van der Waals surface area contributed by atoms with Crippen molar-refractivity contribution in [1.82, 2.24) is 4.90 Å². The largest absolute Gasteiger partial charge is 0.461 e. The van der Waals surface area contributed by atoms with Gasteiger partial charge in [0.25, 0.3) is 0 Å². The molecule has 4 heterocycles. The summed E-state index contributed by atoms with van der Waals surface area (Å²) in [5.74, 6) is 0.367. The highest BCUT2D eigenvalue weighted by atomic mass is 16.5. The van der Waals surface area contributed by atoms with Crippen molar-refractivity contribution < 1.29 is 9.53 Å². The Labute approximate surface area is 155 Å². The fourth-order valence-electron chi connectivity index (χ4n) is 6.25. The molecule has 4 nitrogen and oxygen atoms in total. The number of benzene rings is 1. The molecule has 0 saturated carbocycles. The SMILES string of the molecule is CCOC(=O)C1=C[C@]2(CC)CCCN3CCC4c5ccccc5N1C4[C@@H]32. The maximum absolute atomic E-state index is 12.9. The number of hydrogen-bond donors (Lipinski definition) is 0. The van der Waals surface area contributed by atoms with Gasteiger partial charge in [0.05, 0.1) is 12.6 Å². The van der Waals surface area contributed by atoms with Gasteiger partial charge in [-0.15, -0.1) is 0 Å². The number of carbonyl (C=O) groups excluding carboxylic acids is 1. The first kappa shape index (κ1) is 16.4. The van der Waals surface area contributed by atoms with Crippen molar-refractivity contribution in [2.24, 2.45) is 5.41 Å². The van der Waals surface area contributed by atoms with Gasteiger partial charge in [-0.1, -0.05) is 25.1 Å². The van der Waals surface area contributed by atoms with Crippen molar-refractivity contribution in [2.45, 2.75) is 57.5 Å². The van der Waals surface area contributed by atoms with Crippen LogP contribution < -0.4 is 4.90 Å². The van der Waals surface area contributed by atoms with Crippen LogP contribution in [0.25, 0.3) is 0 Å². The number of ether oxygens (including phenoxy) is 1. The van der Waals surface area contributed by atoms with Gasteiger partial charge in [-0.25, -0.2) is 4.79 Å². The topological polar surface area (TPSA) is 32.8 Å². The molecular weight excluding hydrogens is 324 g/mol. The predicted octanol–water partition coefficient (Wildman–Crippen LogP) is 3.68. The second-order valence-electron chi connectivity index (χ2n) is 8.24. The molecule has 4 aliphatic rings. The first-order valence-corrected chi connectivity index (χ1v) is 10.2. The van der Waals surface area contributed by atoms with E-state index in [9.17, 15) is 4.79 Å². The number of anilines is 1. The van der Waals surface area contributed by atoms with E-state index in [1.165, 1.54) is 43.6 Å². The number of rotatable bonds is 3. The van der Waals surface area contributed by atoms with E-state index in [1.54, 1.807) is 0 Å². The number of nitrogens with zero attached hydrogens (tertiary/aromatic N) is 2. The lowest BCUT2D eigenvalue weighted by atomic mass is 9.62. The minimum absolute atomic E-state index is 0.0994. The summed E-state index contributed by atoms with van der Waals surface area (Å²) in [7, 11) is 0. The number of piperidine rings is 2. The molecule has 4 heteroatoms. The summed E-state index contributed by atoms with van der Waals surface area (Å²) in [4.78, 5) is 18.0. The first-order chi connectivity index (χ1) is 12.7. The Morgan fingerprint density at radius 1 is 1.27 bits per heavy atom. The molecule has 2 unspecified atom stereocenters. The number of carbonyl (C=O) groups is 1. The lowest BCUT2D eigenvalue weighted by Crippen LogP contribution is -2.67. The van der Waals surface area contributed by atoms with Crippen LogP contribution in [-0.4, -0.2) is 42.6 Å². The average molecular weight is 352 g/mol. The van der Waals surface area contributed by atoms with Crippen LogP contribution in [0.2, 0.25) is 0 Å². The van der Waals surface area contributed by atoms with Crippen LogP contribution in [0.1, 0.15) is 51.0 Å². The zero-order valence-corrected chi connectivity index (χ0v) is 15.8. The van der Waals surface area contributed by atoms with E-state index in [-0.39, 0.29) is 11.4 Å². The van der Waals surface area contributed by atoms with Crippen molar-refractivity contribution in [2.75, 3.05) is 24.6 Å². The van der Waals surface area contributed by atoms with Crippen LogP contribution >= 0.6 is 0 Å². The minimum Gasteiger partial charge on any atom is -0.461 e. The minimum atomic E-state index is -0.156. The zero-order chi connectivity index (χ0) is 17.9. The summed E-state index contributed by atoms with van der Waals surface area (Å²) in [6.07, 6.45) is 6.97. The highest BCUT2D eigenvalue weighted by molar-refractivity contribution is 5.95. The highest BCUT2D eigenvalue weighted by Crippen LogP contribution is 2.58. The maximum atomic E-state index is 12.9. The quantitative estimate of drug-likeness (QED) is 0.777. The summed E-state index contributed by atoms with van der Waals surface area (Å²) >= 11 is 0. The van der Waals surface area contributed by atoms with Crippen LogP contribution in [0.3, 0.4) is 0 Å². The molecule has 0 radical (unpaired) electrons. The van der Waals surface area contributed by atoms with Gasteiger partial charge < -0.3 is 9.64 Å². The molecule has 138 valence electrons. The summed E-state index contributed by atoms with van der Waals surface area (Å²) in [6, 6.07) is 9.57. The second kappa shape index (κ2) is 5.85. The Morgan fingerprint density at radius 2 is 2.12 bits per heavy atom. The fourth-order valence-corrected chi connectivity index (χ4v) is 6.25. The average Bonchev–Trinajstić information content (AvgIpc) is 3.02. The van der Waals surface area contributed by atoms with Gasteiger partial charge in [-0.05, 0) is 63.4 Å². The van der Waals surface area contributed by atoms with E-state index in [0.717, 1.165) is 12.1 Å². The summed E-state index contributed by atoms with van der Waals surface area (Å²) in [5.41, 5.74) is 3.53. The summed E-state index contributed by atoms with van der Waals surface area (Å²) in [5, 5.41) is 0. The van der Waals surface area contributed by atoms with Gasteiger partial charge in [0.15, 0.2) is 0 Å². The third-order valence-electron chi connectivity index (χ3n) is 7.25. The number of para-hydroxylation sites is 1. The zero-order valence-electron chi connectivity index (χ0n) is 15.8. The van der Waals surface area contributed by atoms with Crippen molar-refractivity contribution in [1.29, 1.82) is 0 Å². The molecule has 2 saturated heterocycles. The Kier molecular flexibility index (Phi) is 3.68. The van der Waals surface area contributed by atoms with Gasteiger partial charge >= 0.3 is 5.97 Å². The fraction of sp³-hybridized carbons (Fsp3) is 0.591. The monoisotopic (exact) mass is 352 g/mol. The Balaban J connectivity index is 1.72. The van der Waals surface area contributed by atoms with Crippen molar-refractivity contribution >= 4 is 11.7 Å². The normalized spacial score (nSPS) is 34.8. The smallest absolute Gasteiger partial charge is 0.354 e. The van der Waals surface area contributed by atoms with Crippen molar-refractivity contribution in [3.63, 3.8) is 0 Å². The van der Waals surface area contributed by atoms with Crippen LogP contribution in [0.15, 0.2) is 36.0 Å². The summed E-state index contributed by atoms with van der Waals surface area (Å²) < 4.78 is 5.49. The number of fused-ring (bicyclic) bond motifs is 3. The third kappa shape index (κ3) is 2.02. The van der Waals surface area contributed by atoms with E-state index in [1.807, 2.05) is 6.92 Å². The standard InChI is InChI=1S/C22H28N2O2/c1-3-22-11-7-12-23-13-10-16-15-8-5-6-9-17(15)24(19(16)20(22)23)18(14-22)21(25)26-4-2/h5-6,8-9,14,16,19-20H,3-4,7,10-13H2,1-2H3/t16?,19?,20-,22+/m1/s1. The Hall–Kier alpha value is -1.81. The molecule has 0 spiro atoms. The molecule has 0 aliphatic carbocycles. The third-order valence-corrected chi connectivity index (χ3v) is 7.25. The summed E-state index contributed by atoms with van der Waals surface area (Å²) in [6.45, 7) is 6.99. The Morgan fingerprint density at radius 3 is 2.92 bits per heavy atom. The Bertz CT molecular complexity index is 773. The molecule has 26 heavy (non-hydrogen) atoms. The predicted molar refractivity (Wildman–Crippen MR) is 102 cm³/mol. The lowest BCUT2D eigenvalue weighted by Gasteiger charge is -2.59. The van der Waals surface area contributed by atoms with Gasteiger partial charge in [0.2, 0.25) is 0 Å². The molecule has 0 bridgehead atoms. The molecule has 0 aromatic heterocycles. The van der Waals surface area contributed by atoms with E-state index < -0.39 is 0 Å². The van der Waals surface area contributed by atoms with E-state index in [0.29, 0.717) is 24.6 Å². The van der Waals surface area contributed by atoms with Gasteiger partial charge in [-0.3, -0.25) is 4.90 Å². The van der Waals surface area contributed by atoms with Crippen LogP contribution in [-0.2, 0) is 9.53 Å². The lowest BCUT2D eigenvalue weighted by molar-refractivity contribution is -0.139. The first-order valence-electron chi connectivity index (χ1n) is 10.2. The van der Waals surface area contributed by atoms with Crippen LogP contribution in [0.5, 0.6) is 0 Å². The molecular formula is C22H28N2O2. The molecule has 2 fully saturated rings. The molecule has 5 rings (SSSR count). The highest BCUT2D eigenvalue weighted by Gasteiger charge is 2.59. The molecule has 4 aliphatic heterocycles. The molecule has 4 atom stereocenters.